The van der Waals surface area contributed by atoms with Crippen LogP contribution in [0.2, 0.25) is 0 Å². The van der Waals surface area contributed by atoms with E-state index in [1.165, 1.54) is 4.90 Å². The van der Waals surface area contributed by atoms with Crippen molar-refractivity contribution < 1.29 is 19.4 Å². The van der Waals surface area contributed by atoms with Crippen LogP contribution in [-0.2, 0) is 9.53 Å². The lowest BCUT2D eigenvalue weighted by molar-refractivity contribution is -0.138. The number of hydrogen-bond acceptors (Lipinski definition) is 3. The molecule has 21 heavy (non-hydrogen) atoms. The van der Waals surface area contributed by atoms with Crippen LogP contribution in [0.5, 0.6) is 0 Å². The summed E-state index contributed by atoms with van der Waals surface area (Å²) in [5.41, 5.74) is 0. The fourth-order valence-electron chi connectivity index (χ4n) is 2.48. The van der Waals surface area contributed by atoms with Crippen molar-refractivity contribution in [2.45, 2.75) is 52.0 Å². The van der Waals surface area contributed by atoms with Crippen LogP contribution >= 0.6 is 0 Å². The molecule has 0 saturated heterocycles. The predicted molar refractivity (Wildman–Crippen MR) is 80.3 cm³/mol. The summed E-state index contributed by atoms with van der Waals surface area (Å²) >= 11 is 0. The van der Waals surface area contributed by atoms with E-state index in [1.54, 1.807) is 0 Å². The lowest BCUT2D eigenvalue weighted by Crippen LogP contribution is -2.48. The number of carbonyl (C=O) groups is 2. The van der Waals surface area contributed by atoms with Gasteiger partial charge in [0.15, 0.2) is 0 Å². The number of rotatable bonds is 9. The molecule has 0 atom stereocenters. The molecule has 1 saturated carbocycles. The van der Waals surface area contributed by atoms with E-state index in [2.05, 4.69) is 19.2 Å². The first-order valence-corrected chi connectivity index (χ1v) is 7.84. The van der Waals surface area contributed by atoms with Crippen molar-refractivity contribution in [1.82, 2.24) is 10.2 Å². The van der Waals surface area contributed by atoms with Gasteiger partial charge in [-0.2, -0.15) is 0 Å². The molecule has 1 aliphatic carbocycles. The highest BCUT2D eigenvalue weighted by Crippen LogP contribution is 2.23. The molecule has 0 unspecified atom stereocenters. The summed E-state index contributed by atoms with van der Waals surface area (Å²) in [7, 11) is 0. The maximum atomic E-state index is 12.1. The van der Waals surface area contributed by atoms with Crippen LogP contribution in [0.25, 0.3) is 0 Å². The molecule has 6 heteroatoms. The van der Waals surface area contributed by atoms with Crippen molar-refractivity contribution in [2.24, 2.45) is 5.92 Å². The van der Waals surface area contributed by atoms with Crippen LogP contribution in [0.15, 0.2) is 0 Å². The molecule has 0 aliphatic heterocycles. The minimum absolute atomic E-state index is 0.0583. The number of carboxylic acids is 1. The Bertz CT molecular complexity index is 328. The lowest BCUT2D eigenvalue weighted by Gasteiger charge is -2.27. The van der Waals surface area contributed by atoms with E-state index in [0.717, 1.165) is 32.1 Å². The van der Waals surface area contributed by atoms with Gasteiger partial charge in [-0.1, -0.05) is 26.7 Å². The fraction of sp³-hybridized carbons (Fsp3) is 0.867. The molecular weight excluding hydrogens is 272 g/mol. The second kappa shape index (κ2) is 9.60. The Balaban J connectivity index is 2.26. The molecule has 1 aliphatic rings. The number of urea groups is 1. The molecule has 1 fully saturated rings. The summed E-state index contributed by atoms with van der Waals surface area (Å²) < 4.78 is 5.43. The van der Waals surface area contributed by atoms with Gasteiger partial charge in [0.2, 0.25) is 0 Å². The highest BCUT2D eigenvalue weighted by Gasteiger charge is 2.28. The number of ether oxygens (including phenoxy) is 1. The zero-order valence-electron chi connectivity index (χ0n) is 13.1. The van der Waals surface area contributed by atoms with Crippen LogP contribution in [0.4, 0.5) is 4.79 Å². The molecule has 0 radical (unpaired) electrons. The molecule has 2 N–H and O–H groups in total. The Hall–Kier alpha value is -1.30. The van der Waals surface area contributed by atoms with Gasteiger partial charge < -0.3 is 20.1 Å². The summed E-state index contributed by atoms with van der Waals surface area (Å²) in [6, 6.07) is -0.236. The number of carboxylic acid groups (broad SMARTS) is 1. The highest BCUT2D eigenvalue weighted by atomic mass is 16.5. The van der Waals surface area contributed by atoms with E-state index in [0.29, 0.717) is 25.7 Å². The van der Waals surface area contributed by atoms with E-state index >= 15 is 0 Å². The zero-order valence-corrected chi connectivity index (χ0v) is 13.1. The van der Waals surface area contributed by atoms with Crippen molar-refractivity contribution in [3.63, 3.8) is 0 Å². The Morgan fingerprint density at radius 1 is 1.29 bits per heavy atom. The standard InChI is InChI=1S/C15H28N2O4/c1-12(2)7-9-21-10-8-16-15(20)17(11-14(18)19)13-5-3-4-6-13/h12-13H,3-11H2,1-2H3,(H,16,20)(H,18,19). The molecule has 0 aromatic rings. The Kier molecular flexibility index (Phi) is 8.12. The summed E-state index contributed by atoms with van der Waals surface area (Å²) in [5, 5.41) is 11.7. The molecule has 1 rings (SSSR count). The first-order chi connectivity index (χ1) is 10.0. The van der Waals surface area contributed by atoms with E-state index in [-0.39, 0.29) is 18.6 Å². The highest BCUT2D eigenvalue weighted by molar-refractivity contribution is 5.80. The first-order valence-electron chi connectivity index (χ1n) is 7.84. The van der Waals surface area contributed by atoms with Gasteiger partial charge in [-0.05, 0) is 25.2 Å². The van der Waals surface area contributed by atoms with Crippen LogP contribution in [0.1, 0.15) is 46.0 Å². The fourth-order valence-corrected chi connectivity index (χ4v) is 2.48. The summed E-state index contributed by atoms with van der Waals surface area (Å²) in [5.74, 6) is -0.363. The summed E-state index contributed by atoms with van der Waals surface area (Å²) in [6.07, 6.45) is 4.91. The van der Waals surface area contributed by atoms with E-state index < -0.39 is 5.97 Å². The Labute approximate surface area is 126 Å². The van der Waals surface area contributed by atoms with Crippen molar-refractivity contribution in [2.75, 3.05) is 26.3 Å². The second-order valence-corrected chi connectivity index (χ2v) is 5.99. The van der Waals surface area contributed by atoms with Crippen LogP contribution in [0.3, 0.4) is 0 Å². The second-order valence-electron chi connectivity index (χ2n) is 5.99. The van der Waals surface area contributed by atoms with Gasteiger partial charge in [0.1, 0.15) is 6.54 Å². The number of hydrogen-bond donors (Lipinski definition) is 2. The van der Waals surface area contributed by atoms with Gasteiger partial charge in [-0.25, -0.2) is 4.79 Å². The van der Waals surface area contributed by atoms with Crippen LogP contribution in [-0.4, -0.2) is 54.4 Å². The number of carbonyl (C=O) groups excluding carboxylic acids is 1. The largest absolute Gasteiger partial charge is 0.480 e. The average Bonchev–Trinajstić information content (AvgIpc) is 2.93. The number of nitrogens with one attached hydrogen (secondary N) is 1. The third-order valence-electron chi connectivity index (χ3n) is 3.69. The minimum atomic E-state index is -0.967. The Morgan fingerprint density at radius 2 is 1.95 bits per heavy atom. The molecule has 0 heterocycles. The van der Waals surface area contributed by atoms with Crippen LogP contribution in [0, 0.1) is 5.92 Å². The molecule has 0 spiro atoms. The SMILES string of the molecule is CC(C)CCOCCNC(=O)N(CC(=O)O)C1CCCC1. The third-order valence-corrected chi connectivity index (χ3v) is 3.69. The Morgan fingerprint density at radius 3 is 2.52 bits per heavy atom. The van der Waals surface area contributed by atoms with Gasteiger partial charge >= 0.3 is 12.0 Å². The number of aliphatic carboxylic acids is 1. The molecule has 2 amide bonds. The molecule has 0 aromatic carbocycles. The quantitative estimate of drug-likeness (QED) is 0.639. The van der Waals surface area contributed by atoms with Gasteiger partial charge in [-0.15, -0.1) is 0 Å². The minimum Gasteiger partial charge on any atom is -0.480 e. The lowest BCUT2D eigenvalue weighted by atomic mass is 10.1. The number of amides is 2. The van der Waals surface area contributed by atoms with E-state index in [9.17, 15) is 9.59 Å². The zero-order chi connectivity index (χ0) is 15.7. The van der Waals surface area contributed by atoms with Crippen molar-refractivity contribution in [3.05, 3.63) is 0 Å². The predicted octanol–water partition coefficient (Wildman–Crippen LogP) is 2.09. The average molecular weight is 300 g/mol. The van der Waals surface area contributed by atoms with Crippen molar-refractivity contribution in [3.8, 4) is 0 Å². The third kappa shape index (κ3) is 7.32. The molecule has 6 nitrogen and oxygen atoms in total. The van der Waals surface area contributed by atoms with Crippen molar-refractivity contribution in [1.29, 1.82) is 0 Å². The molecule has 0 aromatic heterocycles. The normalized spacial score (nSPS) is 15.4. The summed E-state index contributed by atoms with van der Waals surface area (Å²) in [4.78, 5) is 24.5. The summed E-state index contributed by atoms with van der Waals surface area (Å²) in [6.45, 7) is 5.61. The molecular formula is C15H28N2O4. The van der Waals surface area contributed by atoms with E-state index in [4.69, 9.17) is 9.84 Å². The molecule has 0 bridgehead atoms. The molecule has 122 valence electrons. The van der Waals surface area contributed by atoms with Crippen LogP contribution < -0.4 is 5.32 Å². The van der Waals surface area contributed by atoms with Gasteiger partial charge in [0, 0.05) is 19.2 Å². The van der Waals surface area contributed by atoms with Gasteiger partial charge in [0.25, 0.3) is 0 Å². The first kappa shape index (κ1) is 17.8. The maximum Gasteiger partial charge on any atom is 0.323 e. The monoisotopic (exact) mass is 300 g/mol. The smallest absolute Gasteiger partial charge is 0.323 e. The van der Waals surface area contributed by atoms with Gasteiger partial charge in [-0.3, -0.25) is 4.79 Å². The maximum absolute atomic E-state index is 12.1. The van der Waals surface area contributed by atoms with E-state index in [1.807, 2.05) is 0 Å². The van der Waals surface area contributed by atoms with Gasteiger partial charge in [0.05, 0.1) is 6.61 Å². The van der Waals surface area contributed by atoms with Crippen molar-refractivity contribution >= 4 is 12.0 Å². The number of nitrogens with zero attached hydrogens (tertiary/aromatic N) is 1. The topological polar surface area (TPSA) is 78.9 Å².